The molecule has 1 aliphatic heterocycles. The maximum Gasteiger partial charge on any atom is 0.272 e. The first kappa shape index (κ1) is 18.2. The zero-order valence-electron chi connectivity index (χ0n) is 15.3. The van der Waals surface area contributed by atoms with Crippen molar-refractivity contribution in [1.29, 1.82) is 0 Å². The molecule has 1 fully saturated rings. The summed E-state index contributed by atoms with van der Waals surface area (Å²) in [4.78, 5) is 21.0. The first-order chi connectivity index (χ1) is 12.5. The van der Waals surface area contributed by atoms with E-state index in [9.17, 15) is 9.18 Å². The number of aromatic nitrogens is 1. The summed E-state index contributed by atoms with van der Waals surface area (Å²) in [5.41, 5.74) is 2.37. The third kappa shape index (κ3) is 4.50. The molecule has 1 aromatic carbocycles. The van der Waals surface area contributed by atoms with Gasteiger partial charge in [-0.2, -0.15) is 0 Å². The highest BCUT2D eigenvalue weighted by Crippen LogP contribution is 2.18. The zero-order chi connectivity index (χ0) is 18.5. The minimum Gasteiger partial charge on any atom is -0.385 e. The van der Waals surface area contributed by atoms with Crippen LogP contribution in [0.5, 0.6) is 0 Å². The van der Waals surface area contributed by atoms with Crippen LogP contribution >= 0.6 is 0 Å². The van der Waals surface area contributed by atoms with Gasteiger partial charge in [0.05, 0.1) is 0 Å². The molecule has 26 heavy (non-hydrogen) atoms. The Morgan fingerprint density at radius 1 is 1.15 bits per heavy atom. The highest BCUT2D eigenvalue weighted by Gasteiger charge is 2.23. The summed E-state index contributed by atoms with van der Waals surface area (Å²) in [6.07, 6.45) is 1.67. The first-order valence-electron chi connectivity index (χ1n) is 9.02. The van der Waals surface area contributed by atoms with E-state index in [-0.39, 0.29) is 11.7 Å². The number of halogens is 1. The minimum atomic E-state index is -0.236. The van der Waals surface area contributed by atoms with Gasteiger partial charge >= 0.3 is 0 Å². The van der Waals surface area contributed by atoms with Gasteiger partial charge in [-0.1, -0.05) is 13.8 Å². The van der Waals surface area contributed by atoms with Crippen LogP contribution in [0.4, 0.5) is 15.8 Å². The van der Waals surface area contributed by atoms with Crippen LogP contribution in [-0.4, -0.2) is 48.5 Å². The Kier molecular flexibility index (Phi) is 5.71. The van der Waals surface area contributed by atoms with E-state index in [4.69, 9.17) is 0 Å². The summed E-state index contributed by atoms with van der Waals surface area (Å²) in [5.74, 6) is 0.249. The molecule has 1 saturated heterocycles. The fraction of sp³-hybridized carbons (Fsp3) is 0.400. The number of pyridine rings is 1. The average Bonchev–Trinajstić information content (AvgIpc) is 2.67. The molecule has 0 spiro atoms. The van der Waals surface area contributed by atoms with Gasteiger partial charge in [0.15, 0.2) is 0 Å². The molecular formula is C20H25FN4O. The Morgan fingerprint density at radius 3 is 2.50 bits per heavy atom. The number of anilines is 2. The third-order valence-electron chi connectivity index (χ3n) is 4.45. The predicted molar refractivity (Wildman–Crippen MR) is 102 cm³/mol. The SMILES string of the molecule is CC(C)CNc1ccnc(C(=O)N2CCN(c3ccc(F)cc3)CC2)c1. The third-order valence-corrected chi connectivity index (χ3v) is 4.45. The number of hydrogen-bond donors (Lipinski definition) is 1. The predicted octanol–water partition coefficient (Wildman–Crippen LogP) is 3.25. The molecule has 0 bridgehead atoms. The molecule has 0 aliphatic carbocycles. The molecule has 5 nitrogen and oxygen atoms in total. The van der Waals surface area contributed by atoms with Gasteiger partial charge in [-0.15, -0.1) is 0 Å². The van der Waals surface area contributed by atoms with E-state index in [2.05, 4.69) is 29.0 Å². The summed E-state index contributed by atoms with van der Waals surface area (Å²) in [5, 5.41) is 3.33. The Labute approximate surface area is 153 Å². The molecule has 0 radical (unpaired) electrons. The summed E-state index contributed by atoms with van der Waals surface area (Å²) in [6.45, 7) is 7.84. The van der Waals surface area contributed by atoms with Crippen molar-refractivity contribution in [1.82, 2.24) is 9.88 Å². The fourth-order valence-electron chi connectivity index (χ4n) is 2.96. The van der Waals surface area contributed by atoms with E-state index in [1.807, 2.05) is 17.0 Å². The van der Waals surface area contributed by atoms with Gasteiger partial charge < -0.3 is 15.1 Å². The van der Waals surface area contributed by atoms with Crippen LogP contribution in [0.15, 0.2) is 42.6 Å². The van der Waals surface area contributed by atoms with Crippen molar-refractivity contribution in [2.45, 2.75) is 13.8 Å². The van der Waals surface area contributed by atoms with Gasteiger partial charge in [-0.3, -0.25) is 9.78 Å². The van der Waals surface area contributed by atoms with Crippen molar-refractivity contribution < 1.29 is 9.18 Å². The molecule has 3 rings (SSSR count). The summed E-state index contributed by atoms with van der Waals surface area (Å²) >= 11 is 0. The largest absolute Gasteiger partial charge is 0.385 e. The molecule has 1 aromatic heterocycles. The number of nitrogens with one attached hydrogen (secondary N) is 1. The number of benzene rings is 1. The van der Waals surface area contributed by atoms with E-state index < -0.39 is 0 Å². The second kappa shape index (κ2) is 8.17. The Hall–Kier alpha value is -2.63. The van der Waals surface area contributed by atoms with Crippen molar-refractivity contribution in [2.24, 2.45) is 5.92 Å². The molecule has 1 N–H and O–H groups in total. The number of carbonyl (C=O) groups excluding carboxylic acids is 1. The van der Waals surface area contributed by atoms with Crippen molar-refractivity contribution >= 4 is 17.3 Å². The van der Waals surface area contributed by atoms with Crippen LogP contribution in [-0.2, 0) is 0 Å². The number of amides is 1. The molecule has 0 unspecified atom stereocenters. The van der Waals surface area contributed by atoms with Crippen LogP contribution in [0.2, 0.25) is 0 Å². The molecular weight excluding hydrogens is 331 g/mol. The quantitative estimate of drug-likeness (QED) is 0.893. The molecule has 0 atom stereocenters. The summed E-state index contributed by atoms with van der Waals surface area (Å²) in [6, 6.07) is 10.2. The van der Waals surface area contributed by atoms with E-state index in [1.165, 1.54) is 12.1 Å². The van der Waals surface area contributed by atoms with Crippen molar-refractivity contribution in [2.75, 3.05) is 42.9 Å². The highest BCUT2D eigenvalue weighted by molar-refractivity contribution is 5.93. The second-order valence-corrected chi connectivity index (χ2v) is 6.96. The Bertz CT molecular complexity index is 740. The number of rotatable bonds is 5. The summed E-state index contributed by atoms with van der Waals surface area (Å²) < 4.78 is 13.1. The molecule has 1 amide bonds. The van der Waals surface area contributed by atoms with Gasteiger partial charge in [0.1, 0.15) is 11.5 Å². The second-order valence-electron chi connectivity index (χ2n) is 6.96. The van der Waals surface area contributed by atoms with Gasteiger partial charge in [-0.05, 0) is 42.3 Å². The normalized spacial score (nSPS) is 14.6. The van der Waals surface area contributed by atoms with Crippen LogP contribution in [0, 0.1) is 11.7 Å². The molecule has 0 saturated carbocycles. The maximum absolute atomic E-state index is 13.1. The molecule has 1 aliphatic rings. The lowest BCUT2D eigenvalue weighted by molar-refractivity contribution is 0.0741. The molecule has 6 heteroatoms. The van der Waals surface area contributed by atoms with E-state index in [0.717, 1.165) is 31.0 Å². The van der Waals surface area contributed by atoms with E-state index in [1.54, 1.807) is 18.3 Å². The number of piperazine rings is 1. The fourth-order valence-corrected chi connectivity index (χ4v) is 2.96. The average molecular weight is 356 g/mol. The minimum absolute atomic E-state index is 0.0445. The maximum atomic E-state index is 13.1. The first-order valence-corrected chi connectivity index (χ1v) is 9.02. The topological polar surface area (TPSA) is 48.5 Å². The molecule has 2 aromatic rings. The van der Waals surface area contributed by atoms with Gasteiger partial charge in [-0.25, -0.2) is 4.39 Å². The van der Waals surface area contributed by atoms with Crippen molar-refractivity contribution in [3.05, 3.63) is 54.1 Å². The van der Waals surface area contributed by atoms with Crippen LogP contribution in [0.3, 0.4) is 0 Å². The van der Waals surface area contributed by atoms with Crippen LogP contribution in [0.25, 0.3) is 0 Å². The van der Waals surface area contributed by atoms with E-state index >= 15 is 0 Å². The van der Waals surface area contributed by atoms with E-state index in [0.29, 0.717) is 24.7 Å². The lowest BCUT2D eigenvalue weighted by Gasteiger charge is -2.36. The lowest BCUT2D eigenvalue weighted by Crippen LogP contribution is -2.49. The number of nitrogens with zero attached hydrogens (tertiary/aromatic N) is 3. The standard InChI is InChI=1S/C20H25FN4O/c1-15(2)14-23-17-7-8-22-19(13-17)20(26)25-11-9-24(10-12-25)18-5-3-16(21)4-6-18/h3-8,13,15H,9-12,14H2,1-2H3,(H,22,23). The summed E-state index contributed by atoms with van der Waals surface area (Å²) in [7, 11) is 0. The van der Waals surface area contributed by atoms with Gasteiger partial charge in [0, 0.05) is 50.3 Å². The lowest BCUT2D eigenvalue weighted by atomic mass is 10.2. The number of carbonyl (C=O) groups is 1. The van der Waals surface area contributed by atoms with Gasteiger partial charge in [0.25, 0.3) is 5.91 Å². The number of hydrogen-bond acceptors (Lipinski definition) is 4. The Morgan fingerprint density at radius 2 is 1.85 bits per heavy atom. The Balaban J connectivity index is 1.59. The van der Waals surface area contributed by atoms with Crippen LogP contribution < -0.4 is 10.2 Å². The monoisotopic (exact) mass is 356 g/mol. The van der Waals surface area contributed by atoms with Gasteiger partial charge in [0.2, 0.25) is 0 Å². The zero-order valence-corrected chi connectivity index (χ0v) is 15.3. The van der Waals surface area contributed by atoms with Crippen LogP contribution in [0.1, 0.15) is 24.3 Å². The van der Waals surface area contributed by atoms with Crippen molar-refractivity contribution in [3.8, 4) is 0 Å². The molecule has 138 valence electrons. The molecule has 2 heterocycles. The smallest absolute Gasteiger partial charge is 0.272 e. The highest BCUT2D eigenvalue weighted by atomic mass is 19.1. The van der Waals surface area contributed by atoms with Crippen molar-refractivity contribution in [3.63, 3.8) is 0 Å².